The van der Waals surface area contributed by atoms with E-state index in [0.29, 0.717) is 0 Å². The molecule has 7 nitrogen and oxygen atoms in total. The van der Waals surface area contributed by atoms with Crippen molar-refractivity contribution in [3.63, 3.8) is 0 Å². The van der Waals surface area contributed by atoms with Crippen molar-refractivity contribution < 1.29 is 0 Å². The van der Waals surface area contributed by atoms with E-state index in [4.69, 9.17) is 0 Å². The molecule has 3 aromatic rings. The van der Waals surface area contributed by atoms with Gasteiger partial charge in [0, 0.05) is 26.0 Å². The van der Waals surface area contributed by atoms with E-state index in [9.17, 15) is 0 Å². The van der Waals surface area contributed by atoms with Crippen LogP contribution >= 0.6 is 11.8 Å². The molecule has 0 aliphatic rings. The van der Waals surface area contributed by atoms with Gasteiger partial charge in [-0.15, -0.1) is 10.2 Å². The molecule has 0 saturated carbocycles. The van der Waals surface area contributed by atoms with Gasteiger partial charge in [0.25, 0.3) is 0 Å². The molecule has 0 aliphatic carbocycles. The lowest BCUT2D eigenvalue weighted by Crippen LogP contribution is -2.03. The Morgan fingerprint density at radius 1 is 1.35 bits per heavy atom. The van der Waals surface area contributed by atoms with Crippen LogP contribution in [0.15, 0.2) is 28.8 Å². The van der Waals surface area contributed by atoms with Gasteiger partial charge >= 0.3 is 0 Å². The largest absolute Gasteiger partial charge is 0.369 e. The number of nitrogens with one attached hydrogen (secondary N) is 1. The fourth-order valence-electron chi connectivity index (χ4n) is 1.80. The molecule has 0 spiro atoms. The molecule has 3 rings (SSSR count). The molecule has 0 fully saturated rings. The first-order valence-electron chi connectivity index (χ1n) is 6.30. The first-order valence-corrected chi connectivity index (χ1v) is 7.12. The molecule has 0 atom stereocenters. The predicted molar refractivity (Wildman–Crippen MR) is 77.0 cm³/mol. The zero-order valence-corrected chi connectivity index (χ0v) is 12.3. The Kier molecular flexibility index (Phi) is 3.31. The molecule has 3 aromatic heterocycles. The minimum absolute atomic E-state index is 0.800. The molecule has 104 valence electrons. The van der Waals surface area contributed by atoms with Gasteiger partial charge in [0.15, 0.2) is 10.8 Å². The summed E-state index contributed by atoms with van der Waals surface area (Å²) in [7, 11) is 1.94. The molecule has 3 heterocycles. The van der Waals surface area contributed by atoms with Crippen LogP contribution in [0.2, 0.25) is 0 Å². The number of aromatic nitrogens is 6. The Morgan fingerprint density at radius 2 is 2.20 bits per heavy atom. The van der Waals surface area contributed by atoms with Crippen LogP contribution in [0.4, 0.5) is 5.82 Å². The average molecular weight is 289 g/mol. The minimum Gasteiger partial charge on any atom is -0.369 e. The number of nitrogens with zero attached hydrogens (tertiary/aromatic N) is 6. The first kappa shape index (κ1) is 12.9. The van der Waals surface area contributed by atoms with E-state index >= 15 is 0 Å². The molecule has 1 N–H and O–H groups in total. The summed E-state index contributed by atoms with van der Waals surface area (Å²) in [6.45, 7) is 4.78. The molecule has 0 aliphatic heterocycles. The number of hydrogen-bond acceptors (Lipinski definition) is 6. The summed E-state index contributed by atoms with van der Waals surface area (Å²) in [6, 6.07) is 0. The van der Waals surface area contributed by atoms with E-state index in [1.165, 1.54) is 11.8 Å². The molecule has 8 heteroatoms. The summed E-state index contributed by atoms with van der Waals surface area (Å²) in [4.78, 5) is 8.94. The van der Waals surface area contributed by atoms with E-state index in [0.717, 1.165) is 34.0 Å². The molecule has 20 heavy (non-hydrogen) atoms. The van der Waals surface area contributed by atoms with Gasteiger partial charge in [-0.05, 0) is 25.6 Å². The van der Waals surface area contributed by atoms with Crippen molar-refractivity contribution in [1.82, 2.24) is 29.1 Å². The zero-order chi connectivity index (χ0) is 14.1. The minimum atomic E-state index is 0.800. The van der Waals surface area contributed by atoms with Crippen LogP contribution in [0.3, 0.4) is 0 Å². The van der Waals surface area contributed by atoms with Crippen molar-refractivity contribution in [1.29, 1.82) is 0 Å². The van der Waals surface area contributed by atoms with Crippen LogP contribution in [0.5, 0.6) is 0 Å². The van der Waals surface area contributed by atoms with E-state index < -0.39 is 0 Å². The highest BCUT2D eigenvalue weighted by Crippen LogP contribution is 2.28. The van der Waals surface area contributed by atoms with Crippen molar-refractivity contribution >= 4 is 23.2 Å². The summed E-state index contributed by atoms with van der Waals surface area (Å²) in [5.41, 5.74) is 0.817. The molecular formula is C12H15N7S. The molecule has 0 bridgehead atoms. The quantitative estimate of drug-likeness (QED) is 0.789. The van der Waals surface area contributed by atoms with Crippen LogP contribution in [0.25, 0.3) is 5.65 Å². The van der Waals surface area contributed by atoms with Crippen molar-refractivity contribution in [2.75, 3.05) is 11.9 Å². The lowest BCUT2D eigenvalue weighted by atomic mass is 10.6. The first-order chi connectivity index (χ1) is 9.69. The van der Waals surface area contributed by atoms with E-state index in [2.05, 4.69) is 25.5 Å². The standard InChI is InChI=1S/C12H15N7S/c1-4-13-9-7-19-6-5-14-10(19)11(15-9)20-12-17-16-8(2)18(12)3/h5-7,13H,4H2,1-3H3. The van der Waals surface area contributed by atoms with Crippen LogP contribution in [0, 0.1) is 6.92 Å². The van der Waals surface area contributed by atoms with Crippen LogP contribution in [-0.2, 0) is 7.05 Å². The van der Waals surface area contributed by atoms with Gasteiger partial charge in [-0.25, -0.2) is 9.97 Å². The molecule has 0 unspecified atom stereocenters. The Bertz CT molecular complexity index is 745. The van der Waals surface area contributed by atoms with Gasteiger partial charge in [-0.1, -0.05) is 0 Å². The van der Waals surface area contributed by atoms with E-state index in [1.54, 1.807) is 6.20 Å². The van der Waals surface area contributed by atoms with Crippen molar-refractivity contribution in [3.8, 4) is 0 Å². The highest BCUT2D eigenvalue weighted by molar-refractivity contribution is 7.99. The van der Waals surface area contributed by atoms with Crippen LogP contribution in [-0.4, -0.2) is 35.7 Å². The fraction of sp³-hybridized carbons (Fsp3) is 0.333. The van der Waals surface area contributed by atoms with Crippen molar-refractivity contribution in [3.05, 3.63) is 24.4 Å². The number of imidazole rings is 1. The molecule has 0 radical (unpaired) electrons. The summed E-state index contributed by atoms with van der Waals surface area (Å²) in [6.07, 6.45) is 5.60. The molecule has 0 saturated heterocycles. The molecule has 0 amide bonds. The number of fused-ring (bicyclic) bond motifs is 1. The third-order valence-corrected chi connectivity index (χ3v) is 3.95. The Labute approximate surface area is 120 Å². The lowest BCUT2D eigenvalue weighted by molar-refractivity contribution is 0.764. The number of aryl methyl sites for hydroxylation is 1. The maximum Gasteiger partial charge on any atom is 0.197 e. The second-order valence-electron chi connectivity index (χ2n) is 4.31. The van der Waals surface area contributed by atoms with Gasteiger partial charge < -0.3 is 14.3 Å². The number of rotatable bonds is 4. The third kappa shape index (κ3) is 2.22. The smallest absolute Gasteiger partial charge is 0.197 e. The van der Waals surface area contributed by atoms with Crippen molar-refractivity contribution in [2.24, 2.45) is 7.05 Å². The summed E-state index contributed by atoms with van der Waals surface area (Å²) >= 11 is 1.46. The Morgan fingerprint density at radius 3 is 2.90 bits per heavy atom. The third-order valence-electron chi connectivity index (χ3n) is 2.94. The van der Waals surface area contributed by atoms with Gasteiger partial charge in [0.05, 0.1) is 6.20 Å². The summed E-state index contributed by atoms with van der Waals surface area (Å²) in [5.74, 6) is 1.69. The highest BCUT2D eigenvalue weighted by atomic mass is 32.2. The Balaban J connectivity index is 2.05. The maximum absolute atomic E-state index is 4.60. The number of hydrogen-bond donors (Lipinski definition) is 1. The summed E-state index contributed by atoms with van der Waals surface area (Å²) in [5, 5.41) is 13.0. The van der Waals surface area contributed by atoms with Crippen molar-refractivity contribution in [2.45, 2.75) is 24.0 Å². The average Bonchev–Trinajstić information content (AvgIpc) is 3.01. The van der Waals surface area contributed by atoms with Crippen LogP contribution < -0.4 is 5.32 Å². The predicted octanol–water partition coefficient (Wildman–Crippen LogP) is 1.75. The normalized spacial score (nSPS) is 11.2. The van der Waals surface area contributed by atoms with Gasteiger partial charge in [-0.2, -0.15) is 0 Å². The lowest BCUT2D eigenvalue weighted by Gasteiger charge is -2.07. The monoisotopic (exact) mass is 289 g/mol. The second kappa shape index (κ2) is 5.12. The zero-order valence-electron chi connectivity index (χ0n) is 11.5. The fourth-order valence-corrected chi connectivity index (χ4v) is 2.72. The van der Waals surface area contributed by atoms with Crippen LogP contribution in [0.1, 0.15) is 12.7 Å². The second-order valence-corrected chi connectivity index (χ2v) is 5.27. The molecule has 0 aromatic carbocycles. The Hall–Kier alpha value is -2.09. The van der Waals surface area contributed by atoms with Gasteiger partial charge in [0.1, 0.15) is 16.7 Å². The van der Waals surface area contributed by atoms with Gasteiger partial charge in [0.2, 0.25) is 0 Å². The SMILES string of the molecule is CCNc1cn2ccnc2c(Sc2nnc(C)n2C)n1. The van der Waals surface area contributed by atoms with Gasteiger partial charge in [-0.3, -0.25) is 0 Å². The topological polar surface area (TPSA) is 72.9 Å². The number of anilines is 1. The molecular weight excluding hydrogens is 274 g/mol. The highest BCUT2D eigenvalue weighted by Gasteiger charge is 2.13. The maximum atomic E-state index is 4.60. The summed E-state index contributed by atoms with van der Waals surface area (Å²) < 4.78 is 3.89. The van der Waals surface area contributed by atoms with E-state index in [1.807, 2.05) is 42.3 Å². The van der Waals surface area contributed by atoms with E-state index in [-0.39, 0.29) is 0 Å².